The molecule has 2 rings (SSSR count). The highest BCUT2D eigenvalue weighted by atomic mass is 16.2. The molecule has 0 bridgehead atoms. The topological polar surface area (TPSA) is 51.1 Å². The Kier molecular flexibility index (Phi) is 4.03. The van der Waals surface area contributed by atoms with Crippen molar-refractivity contribution in [3.05, 3.63) is 63.6 Å². The van der Waals surface area contributed by atoms with E-state index in [-0.39, 0.29) is 18.0 Å². The molecule has 1 aromatic heterocycles. The molecule has 20 heavy (non-hydrogen) atoms. The third-order valence-corrected chi connectivity index (χ3v) is 3.23. The van der Waals surface area contributed by atoms with Crippen molar-refractivity contribution in [2.24, 2.45) is 0 Å². The van der Waals surface area contributed by atoms with Gasteiger partial charge in [0, 0.05) is 17.4 Å². The van der Waals surface area contributed by atoms with Crippen LogP contribution < -0.4 is 10.9 Å². The van der Waals surface area contributed by atoms with E-state index in [1.807, 2.05) is 45.0 Å². The fourth-order valence-electron chi connectivity index (χ4n) is 2.11. The molecule has 2 aromatic rings. The zero-order valence-corrected chi connectivity index (χ0v) is 11.9. The average molecular weight is 270 g/mol. The van der Waals surface area contributed by atoms with E-state index in [2.05, 4.69) is 5.32 Å². The summed E-state index contributed by atoms with van der Waals surface area (Å²) in [7, 11) is 0. The van der Waals surface area contributed by atoms with E-state index in [1.165, 1.54) is 10.6 Å². The minimum absolute atomic E-state index is 0.0266. The average Bonchev–Trinajstić information content (AvgIpc) is 2.37. The number of benzene rings is 1. The van der Waals surface area contributed by atoms with Crippen LogP contribution in [-0.2, 0) is 11.3 Å². The molecule has 0 atom stereocenters. The first-order chi connectivity index (χ1) is 9.47. The molecule has 0 saturated heterocycles. The molecule has 0 saturated carbocycles. The number of hydrogen-bond acceptors (Lipinski definition) is 2. The van der Waals surface area contributed by atoms with E-state index in [1.54, 1.807) is 6.07 Å². The molecule has 0 radical (unpaired) electrons. The Hall–Kier alpha value is -2.36. The third kappa shape index (κ3) is 3.15. The second-order valence-corrected chi connectivity index (χ2v) is 4.96. The van der Waals surface area contributed by atoms with Crippen molar-refractivity contribution < 1.29 is 4.79 Å². The molecule has 4 nitrogen and oxygen atoms in total. The first-order valence-corrected chi connectivity index (χ1v) is 6.51. The number of nitrogens with zero attached hydrogens (tertiary/aromatic N) is 1. The van der Waals surface area contributed by atoms with Gasteiger partial charge in [0.1, 0.15) is 6.54 Å². The molecule has 1 heterocycles. The van der Waals surface area contributed by atoms with Crippen molar-refractivity contribution in [2.45, 2.75) is 27.3 Å². The lowest BCUT2D eigenvalue weighted by molar-refractivity contribution is -0.116. The van der Waals surface area contributed by atoms with E-state index in [0.717, 1.165) is 22.5 Å². The zero-order valence-electron chi connectivity index (χ0n) is 11.9. The van der Waals surface area contributed by atoms with Crippen LogP contribution in [-0.4, -0.2) is 10.5 Å². The Morgan fingerprint density at radius 1 is 1.15 bits per heavy atom. The van der Waals surface area contributed by atoms with Crippen LogP contribution in [0.25, 0.3) is 0 Å². The Morgan fingerprint density at radius 3 is 2.55 bits per heavy atom. The molecule has 0 aliphatic rings. The lowest BCUT2D eigenvalue weighted by Crippen LogP contribution is -2.28. The lowest BCUT2D eigenvalue weighted by atomic mass is 10.1. The van der Waals surface area contributed by atoms with Crippen LogP contribution in [0.5, 0.6) is 0 Å². The standard InChI is InChI=1S/C16H18N2O2/c1-11-7-8-14(12(2)9-11)17-15(19)10-18-13(3)5-4-6-16(18)20/h4-9H,10H2,1-3H3,(H,17,19). The number of pyridine rings is 1. The predicted molar refractivity (Wildman–Crippen MR) is 80.0 cm³/mol. The van der Waals surface area contributed by atoms with Gasteiger partial charge >= 0.3 is 0 Å². The number of aromatic nitrogens is 1. The highest BCUT2D eigenvalue weighted by Crippen LogP contribution is 2.15. The highest BCUT2D eigenvalue weighted by Gasteiger charge is 2.08. The highest BCUT2D eigenvalue weighted by molar-refractivity contribution is 5.91. The zero-order chi connectivity index (χ0) is 14.7. The van der Waals surface area contributed by atoms with Crippen LogP contribution >= 0.6 is 0 Å². The molecule has 0 aliphatic heterocycles. The van der Waals surface area contributed by atoms with Crippen LogP contribution in [0.2, 0.25) is 0 Å². The monoisotopic (exact) mass is 270 g/mol. The predicted octanol–water partition coefficient (Wildman–Crippen LogP) is 2.41. The number of hydrogen-bond donors (Lipinski definition) is 1. The molecule has 0 fully saturated rings. The summed E-state index contributed by atoms with van der Waals surface area (Å²) in [5, 5.41) is 2.84. The van der Waals surface area contributed by atoms with Crippen molar-refractivity contribution in [1.29, 1.82) is 0 Å². The third-order valence-electron chi connectivity index (χ3n) is 3.23. The summed E-state index contributed by atoms with van der Waals surface area (Å²) in [5.41, 5.74) is 3.54. The maximum atomic E-state index is 12.1. The number of rotatable bonds is 3. The van der Waals surface area contributed by atoms with Crippen LogP contribution in [0, 0.1) is 20.8 Å². The molecule has 0 aliphatic carbocycles. The van der Waals surface area contributed by atoms with Gasteiger partial charge in [-0.2, -0.15) is 0 Å². The van der Waals surface area contributed by atoms with Gasteiger partial charge in [0.05, 0.1) is 0 Å². The quantitative estimate of drug-likeness (QED) is 0.931. The second-order valence-electron chi connectivity index (χ2n) is 4.96. The Balaban J connectivity index is 2.15. The summed E-state index contributed by atoms with van der Waals surface area (Å²) in [6, 6.07) is 10.8. The van der Waals surface area contributed by atoms with E-state index in [0.29, 0.717) is 0 Å². The molecular weight excluding hydrogens is 252 g/mol. The minimum Gasteiger partial charge on any atom is -0.324 e. The van der Waals surface area contributed by atoms with Gasteiger partial charge in [-0.05, 0) is 38.5 Å². The van der Waals surface area contributed by atoms with Gasteiger partial charge in [-0.1, -0.05) is 23.8 Å². The summed E-state index contributed by atoms with van der Waals surface area (Å²) in [4.78, 5) is 23.8. The largest absolute Gasteiger partial charge is 0.324 e. The van der Waals surface area contributed by atoms with E-state index in [9.17, 15) is 9.59 Å². The SMILES string of the molecule is Cc1ccc(NC(=O)Cn2c(C)cccc2=O)c(C)c1. The van der Waals surface area contributed by atoms with Gasteiger partial charge in [-0.15, -0.1) is 0 Å². The van der Waals surface area contributed by atoms with Gasteiger partial charge in [-0.3, -0.25) is 9.59 Å². The summed E-state index contributed by atoms with van der Waals surface area (Å²) < 4.78 is 1.46. The van der Waals surface area contributed by atoms with Crippen molar-refractivity contribution in [3.8, 4) is 0 Å². The van der Waals surface area contributed by atoms with Gasteiger partial charge in [-0.25, -0.2) is 0 Å². The number of aryl methyl sites for hydroxylation is 3. The van der Waals surface area contributed by atoms with Crippen molar-refractivity contribution in [1.82, 2.24) is 4.57 Å². The van der Waals surface area contributed by atoms with Crippen LogP contribution in [0.4, 0.5) is 5.69 Å². The number of carbonyl (C=O) groups excluding carboxylic acids is 1. The van der Waals surface area contributed by atoms with Crippen molar-refractivity contribution in [3.63, 3.8) is 0 Å². The Bertz CT molecular complexity index is 702. The van der Waals surface area contributed by atoms with E-state index < -0.39 is 0 Å². The molecule has 0 unspecified atom stereocenters. The molecule has 1 aromatic carbocycles. The summed E-state index contributed by atoms with van der Waals surface area (Å²) in [6.45, 7) is 5.79. The molecule has 1 amide bonds. The van der Waals surface area contributed by atoms with Crippen molar-refractivity contribution in [2.75, 3.05) is 5.32 Å². The minimum atomic E-state index is -0.201. The summed E-state index contributed by atoms with van der Waals surface area (Å²) in [6.07, 6.45) is 0. The van der Waals surface area contributed by atoms with Crippen molar-refractivity contribution >= 4 is 11.6 Å². The number of amides is 1. The normalized spacial score (nSPS) is 10.3. The first kappa shape index (κ1) is 14.1. The maximum absolute atomic E-state index is 12.1. The molecule has 1 N–H and O–H groups in total. The van der Waals surface area contributed by atoms with E-state index >= 15 is 0 Å². The molecule has 4 heteroatoms. The Morgan fingerprint density at radius 2 is 1.90 bits per heavy atom. The number of nitrogens with one attached hydrogen (secondary N) is 1. The number of carbonyl (C=O) groups is 1. The van der Waals surface area contributed by atoms with Crippen LogP contribution in [0.1, 0.15) is 16.8 Å². The smallest absolute Gasteiger partial charge is 0.251 e. The number of anilines is 1. The molecule has 104 valence electrons. The van der Waals surface area contributed by atoms with Gasteiger partial charge in [0.25, 0.3) is 5.56 Å². The molecule has 0 spiro atoms. The van der Waals surface area contributed by atoms with Crippen LogP contribution in [0.15, 0.2) is 41.2 Å². The van der Waals surface area contributed by atoms with Gasteiger partial charge in [0.2, 0.25) is 5.91 Å². The fourth-order valence-corrected chi connectivity index (χ4v) is 2.11. The van der Waals surface area contributed by atoms with Gasteiger partial charge in [0.15, 0.2) is 0 Å². The van der Waals surface area contributed by atoms with Crippen LogP contribution in [0.3, 0.4) is 0 Å². The molecular formula is C16H18N2O2. The maximum Gasteiger partial charge on any atom is 0.251 e. The van der Waals surface area contributed by atoms with E-state index in [4.69, 9.17) is 0 Å². The Labute approximate surface area is 118 Å². The first-order valence-electron chi connectivity index (χ1n) is 6.51. The summed E-state index contributed by atoms with van der Waals surface area (Å²) in [5.74, 6) is -0.201. The second kappa shape index (κ2) is 5.74. The fraction of sp³-hybridized carbons (Fsp3) is 0.250. The van der Waals surface area contributed by atoms with Gasteiger partial charge < -0.3 is 9.88 Å². The lowest BCUT2D eigenvalue weighted by Gasteiger charge is -2.11. The summed E-state index contributed by atoms with van der Waals surface area (Å²) >= 11 is 0.